The fourth-order valence-electron chi connectivity index (χ4n) is 1.37. The lowest BCUT2D eigenvalue weighted by Gasteiger charge is -2.14. The summed E-state index contributed by atoms with van der Waals surface area (Å²) in [5, 5.41) is 0. The van der Waals surface area contributed by atoms with Crippen molar-refractivity contribution >= 4 is 11.6 Å². The molecule has 0 aromatic heterocycles. The van der Waals surface area contributed by atoms with E-state index >= 15 is 0 Å². The highest BCUT2D eigenvalue weighted by molar-refractivity contribution is 6.17. The summed E-state index contributed by atoms with van der Waals surface area (Å²) in [7, 11) is 0. The molecular weight excluding hydrogens is 213 g/mol. The summed E-state index contributed by atoms with van der Waals surface area (Å²) in [5.41, 5.74) is 0.754. The van der Waals surface area contributed by atoms with Gasteiger partial charge in [-0.15, -0.1) is 11.6 Å². The number of hydrogen-bond acceptors (Lipinski definition) is 0. The molecule has 0 heterocycles. The maximum absolute atomic E-state index is 12.5. The molecule has 0 fully saturated rings. The third-order valence-corrected chi connectivity index (χ3v) is 2.40. The van der Waals surface area contributed by atoms with Crippen molar-refractivity contribution in [1.82, 2.24) is 0 Å². The first-order chi connectivity index (χ1) is 6.36. The number of hydrogen-bond donors (Lipinski definition) is 0. The van der Waals surface area contributed by atoms with Crippen molar-refractivity contribution in [3.63, 3.8) is 0 Å². The lowest BCUT2D eigenvalue weighted by atomic mass is 10.00. The smallest absolute Gasteiger partial charge is 0.166 e. The number of aryl methyl sites for hydroxylation is 1. The lowest BCUT2D eigenvalue weighted by Crippen LogP contribution is -2.09. The molecule has 0 aliphatic carbocycles. The molecule has 14 heavy (non-hydrogen) atoms. The zero-order chi connectivity index (χ0) is 10.9. The van der Waals surface area contributed by atoms with Crippen LogP contribution in [0.2, 0.25) is 0 Å². The highest BCUT2D eigenvalue weighted by Crippen LogP contribution is 2.34. The maximum Gasteiger partial charge on any atom is 0.416 e. The van der Waals surface area contributed by atoms with Crippen LogP contribution < -0.4 is 0 Å². The predicted molar refractivity (Wildman–Crippen MR) is 50.5 cm³/mol. The van der Waals surface area contributed by atoms with Gasteiger partial charge in [0.05, 0.1) is 5.56 Å². The van der Waals surface area contributed by atoms with E-state index in [2.05, 4.69) is 0 Å². The standard InChI is InChI=1S/C10H10ClF3/c1-6-3-8(5-11)7(2)9(4-6)10(12,13)14/h3-4H,5H2,1-2H3. The molecule has 0 unspecified atom stereocenters. The molecule has 4 heteroatoms. The van der Waals surface area contributed by atoms with Crippen LogP contribution in [-0.2, 0) is 12.1 Å². The first kappa shape index (κ1) is 11.4. The van der Waals surface area contributed by atoms with Gasteiger partial charge < -0.3 is 0 Å². The zero-order valence-corrected chi connectivity index (χ0v) is 8.63. The van der Waals surface area contributed by atoms with Gasteiger partial charge in [-0.1, -0.05) is 11.6 Å². The Morgan fingerprint density at radius 3 is 2.21 bits per heavy atom. The molecule has 0 saturated heterocycles. The molecule has 1 rings (SSSR count). The third-order valence-electron chi connectivity index (χ3n) is 2.11. The van der Waals surface area contributed by atoms with Crippen LogP contribution in [0.3, 0.4) is 0 Å². The summed E-state index contributed by atoms with van der Waals surface area (Å²) in [6.07, 6.45) is -4.29. The van der Waals surface area contributed by atoms with Crippen LogP contribution in [0.25, 0.3) is 0 Å². The van der Waals surface area contributed by atoms with Crippen molar-refractivity contribution in [3.05, 3.63) is 34.4 Å². The van der Waals surface area contributed by atoms with Gasteiger partial charge in [-0.05, 0) is 31.0 Å². The van der Waals surface area contributed by atoms with Gasteiger partial charge in [-0.25, -0.2) is 0 Å². The van der Waals surface area contributed by atoms with E-state index in [1.54, 1.807) is 13.0 Å². The van der Waals surface area contributed by atoms with Gasteiger partial charge >= 0.3 is 6.18 Å². The van der Waals surface area contributed by atoms with E-state index in [0.717, 1.165) is 6.07 Å². The molecule has 0 N–H and O–H groups in total. The van der Waals surface area contributed by atoms with Crippen LogP contribution >= 0.6 is 11.6 Å². The molecule has 78 valence electrons. The number of halogens is 4. The Bertz CT molecular complexity index is 342. The van der Waals surface area contributed by atoms with Gasteiger partial charge in [0.15, 0.2) is 0 Å². The summed E-state index contributed by atoms with van der Waals surface area (Å²) < 4.78 is 37.5. The highest BCUT2D eigenvalue weighted by Gasteiger charge is 2.33. The Morgan fingerprint density at radius 2 is 1.79 bits per heavy atom. The van der Waals surface area contributed by atoms with E-state index in [4.69, 9.17) is 11.6 Å². The Kier molecular flexibility index (Phi) is 3.10. The second kappa shape index (κ2) is 3.81. The molecule has 0 spiro atoms. The molecule has 0 aliphatic heterocycles. The van der Waals surface area contributed by atoms with Crippen LogP contribution in [-0.4, -0.2) is 0 Å². The minimum atomic E-state index is -4.29. The lowest BCUT2D eigenvalue weighted by molar-refractivity contribution is -0.138. The van der Waals surface area contributed by atoms with E-state index in [1.165, 1.54) is 6.92 Å². The molecule has 0 atom stereocenters. The van der Waals surface area contributed by atoms with Crippen molar-refractivity contribution in [2.24, 2.45) is 0 Å². The van der Waals surface area contributed by atoms with Crippen molar-refractivity contribution in [2.45, 2.75) is 25.9 Å². The van der Waals surface area contributed by atoms with Crippen molar-refractivity contribution in [2.75, 3.05) is 0 Å². The second-order valence-electron chi connectivity index (χ2n) is 3.23. The summed E-state index contributed by atoms with van der Waals surface area (Å²) in [6.45, 7) is 3.07. The van der Waals surface area contributed by atoms with E-state index in [0.29, 0.717) is 11.1 Å². The normalized spacial score (nSPS) is 11.9. The molecule has 1 aromatic carbocycles. The average Bonchev–Trinajstić information content (AvgIpc) is 2.06. The Labute approximate surface area is 85.7 Å². The number of benzene rings is 1. The van der Waals surface area contributed by atoms with Crippen LogP contribution in [0.5, 0.6) is 0 Å². The first-order valence-electron chi connectivity index (χ1n) is 4.09. The van der Waals surface area contributed by atoms with Gasteiger partial charge in [0.1, 0.15) is 0 Å². The maximum atomic E-state index is 12.5. The first-order valence-corrected chi connectivity index (χ1v) is 4.63. The summed E-state index contributed by atoms with van der Waals surface area (Å²) in [6, 6.07) is 2.82. The van der Waals surface area contributed by atoms with E-state index in [9.17, 15) is 13.2 Å². The largest absolute Gasteiger partial charge is 0.416 e. The molecule has 0 aliphatic rings. The fraction of sp³-hybridized carbons (Fsp3) is 0.400. The van der Waals surface area contributed by atoms with Crippen LogP contribution in [0, 0.1) is 13.8 Å². The van der Waals surface area contributed by atoms with Crippen molar-refractivity contribution in [3.8, 4) is 0 Å². The SMILES string of the molecule is Cc1cc(CCl)c(C)c(C(F)(F)F)c1. The summed E-state index contributed by atoms with van der Waals surface area (Å²) in [5.74, 6) is 0.108. The highest BCUT2D eigenvalue weighted by atomic mass is 35.5. The summed E-state index contributed by atoms with van der Waals surface area (Å²) in [4.78, 5) is 0. The van der Waals surface area contributed by atoms with Gasteiger partial charge in [-0.2, -0.15) is 13.2 Å². The number of alkyl halides is 4. The van der Waals surface area contributed by atoms with Crippen LogP contribution in [0.1, 0.15) is 22.3 Å². The fourth-order valence-corrected chi connectivity index (χ4v) is 1.64. The van der Waals surface area contributed by atoms with E-state index < -0.39 is 11.7 Å². The predicted octanol–water partition coefficient (Wildman–Crippen LogP) is 4.06. The quantitative estimate of drug-likeness (QED) is 0.629. The third kappa shape index (κ3) is 2.21. The number of rotatable bonds is 1. The monoisotopic (exact) mass is 222 g/mol. The summed E-state index contributed by atoms with van der Waals surface area (Å²) >= 11 is 5.56. The Hall–Kier alpha value is -0.700. The van der Waals surface area contributed by atoms with E-state index in [1.807, 2.05) is 0 Å². The Morgan fingerprint density at radius 1 is 1.21 bits per heavy atom. The van der Waals surface area contributed by atoms with Crippen molar-refractivity contribution in [1.29, 1.82) is 0 Å². The van der Waals surface area contributed by atoms with Crippen LogP contribution in [0.15, 0.2) is 12.1 Å². The van der Waals surface area contributed by atoms with E-state index in [-0.39, 0.29) is 11.4 Å². The molecule has 0 nitrogen and oxygen atoms in total. The minimum absolute atomic E-state index is 0.108. The van der Waals surface area contributed by atoms with Gasteiger partial charge in [0.2, 0.25) is 0 Å². The van der Waals surface area contributed by atoms with Gasteiger partial charge in [0.25, 0.3) is 0 Å². The molecule has 0 amide bonds. The minimum Gasteiger partial charge on any atom is -0.166 e. The molecule has 0 radical (unpaired) electrons. The topological polar surface area (TPSA) is 0 Å². The van der Waals surface area contributed by atoms with Gasteiger partial charge in [-0.3, -0.25) is 0 Å². The average molecular weight is 223 g/mol. The zero-order valence-electron chi connectivity index (χ0n) is 7.87. The molecule has 0 bridgehead atoms. The molecule has 1 aromatic rings. The molecule has 0 saturated carbocycles. The second-order valence-corrected chi connectivity index (χ2v) is 3.50. The van der Waals surface area contributed by atoms with Crippen molar-refractivity contribution < 1.29 is 13.2 Å². The Balaban J connectivity index is 3.37. The van der Waals surface area contributed by atoms with Gasteiger partial charge in [0, 0.05) is 5.88 Å². The van der Waals surface area contributed by atoms with Crippen LogP contribution in [0.4, 0.5) is 13.2 Å². The molecular formula is C10H10ClF3.